The number of aromatic nitrogens is 2. The van der Waals surface area contributed by atoms with Crippen LogP contribution in [-0.4, -0.2) is 40.6 Å². The maximum absolute atomic E-state index is 11.7. The molecular weight excluding hydrogens is 258 g/mol. The lowest BCUT2D eigenvalue weighted by atomic mass is 10.2. The van der Waals surface area contributed by atoms with E-state index in [0.717, 1.165) is 18.8 Å². The van der Waals surface area contributed by atoms with Crippen molar-refractivity contribution in [1.82, 2.24) is 15.1 Å². The van der Waals surface area contributed by atoms with Gasteiger partial charge in [-0.1, -0.05) is 0 Å². The SMILES string of the molecule is Cn1cc(N)c(N2CC[C@@H](NC(=O)OC(C)(C)C)C2)n1. The number of nitrogens with zero attached hydrogens (tertiary/aromatic N) is 3. The van der Waals surface area contributed by atoms with Gasteiger partial charge in [-0.15, -0.1) is 0 Å². The van der Waals surface area contributed by atoms with Crippen molar-refractivity contribution in [1.29, 1.82) is 0 Å². The van der Waals surface area contributed by atoms with Gasteiger partial charge in [-0.05, 0) is 27.2 Å². The van der Waals surface area contributed by atoms with Crippen LogP contribution in [-0.2, 0) is 11.8 Å². The monoisotopic (exact) mass is 281 g/mol. The number of carbonyl (C=O) groups excluding carboxylic acids is 1. The summed E-state index contributed by atoms with van der Waals surface area (Å²) >= 11 is 0. The molecule has 0 spiro atoms. The number of anilines is 2. The summed E-state index contributed by atoms with van der Waals surface area (Å²) in [5.74, 6) is 0.779. The van der Waals surface area contributed by atoms with Crippen molar-refractivity contribution in [3.05, 3.63) is 6.20 Å². The first-order chi connectivity index (χ1) is 9.24. The fraction of sp³-hybridized carbons (Fsp3) is 0.692. The van der Waals surface area contributed by atoms with Crippen molar-refractivity contribution < 1.29 is 9.53 Å². The molecule has 0 aliphatic carbocycles. The summed E-state index contributed by atoms with van der Waals surface area (Å²) < 4.78 is 6.95. The predicted molar refractivity (Wildman–Crippen MR) is 77.6 cm³/mol. The Bertz CT molecular complexity index is 491. The number of hydrogen-bond donors (Lipinski definition) is 2. The molecule has 20 heavy (non-hydrogen) atoms. The minimum Gasteiger partial charge on any atom is -0.444 e. The molecular formula is C13H23N5O2. The van der Waals surface area contributed by atoms with E-state index in [4.69, 9.17) is 10.5 Å². The summed E-state index contributed by atoms with van der Waals surface area (Å²) in [5, 5.41) is 7.22. The number of rotatable bonds is 2. The van der Waals surface area contributed by atoms with Gasteiger partial charge in [0.25, 0.3) is 0 Å². The lowest BCUT2D eigenvalue weighted by Gasteiger charge is -2.22. The Morgan fingerprint density at radius 2 is 2.25 bits per heavy atom. The van der Waals surface area contributed by atoms with Gasteiger partial charge >= 0.3 is 6.09 Å². The Balaban J connectivity index is 1.90. The third-order valence-corrected chi connectivity index (χ3v) is 3.05. The molecule has 7 nitrogen and oxygen atoms in total. The van der Waals surface area contributed by atoms with Crippen LogP contribution in [0.2, 0.25) is 0 Å². The molecule has 2 heterocycles. The Morgan fingerprint density at radius 3 is 2.80 bits per heavy atom. The third kappa shape index (κ3) is 3.55. The van der Waals surface area contributed by atoms with Crippen LogP contribution in [0.15, 0.2) is 6.20 Å². The van der Waals surface area contributed by atoms with Crippen molar-refractivity contribution in [2.75, 3.05) is 23.7 Å². The Kier molecular flexibility index (Phi) is 3.78. The standard InChI is InChI=1S/C13H23N5O2/c1-13(2,3)20-12(19)15-9-5-6-18(7-9)11-10(14)8-17(4)16-11/h8-9H,5-7,14H2,1-4H3,(H,15,19)/t9-/m1/s1. The average molecular weight is 281 g/mol. The van der Waals surface area contributed by atoms with Crippen LogP contribution < -0.4 is 16.0 Å². The van der Waals surface area contributed by atoms with E-state index in [1.54, 1.807) is 10.9 Å². The van der Waals surface area contributed by atoms with Gasteiger partial charge in [-0.25, -0.2) is 4.79 Å². The van der Waals surface area contributed by atoms with Crippen molar-refractivity contribution in [3.8, 4) is 0 Å². The van der Waals surface area contributed by atoms with E-state index >= 15 is 0 Å². The van der Waals surface area contributed by atoms with Gasteiger partial charge < -0.3 is 20.7 Å². The second-order valence-corrected chi connectivity index (χ2v) is 6.16. The van der Waals surface area contributed by atoms with E-state index in [-0.39, 0.29) is 12.1 Å². The van der Waals surface area contributed by atoms with Crippen molar-refractivity contribution in [2.24, 2.45) is 7.05 Å². The highest BCUT2D eigenvalue weighted by Crippen LogP contribution is 2.24. The number of hydrogen-bond acceptors (Lipinski definition) is 5. The van der Waals surface area contributed by atoms with Crippen molar-refractivity contribution in [3.63, 3.8) is 0 Å². The Hall–Kier alpha value is -1.92. The number of carbonyl (C=O) groups is 1. The van der Waals surface area contributed by atoms with Gasteiger partial charge in [0, 0.05) is 26.3 Å². The maximum atomic E-state index is 11.7. The van der Waals surface area contributed by atoms with Crippen molar-refractivity contribution >= 4 is 17.6 Å². The fourth-order valence-corrected chi connectivity index (χ4v) is 2.29. The molecule has 7 heteroatoms. The topological polar surface area (TPSA) is 85.4 Å². The molecule has 1 aliphatic heterocycles. The second kappa shape index (κ2) is 5.22. The quantitative estimate of drug-likeness (QED) is 0.848. The molecule has 0 bridgehead atoms. The highest BCUT2D eigenvalue weighted by Gasteiger charge is 2.28. The van der Waals surface area contributed by atoms with E-state index in [9.17, 15) is 4.79 Å². The van der Waals surface area contributed by atoms with E-state index in [1.807, 2.05) is 27.8 Å². The average Bonchev–Trinajstić information content (AvgIpc) is 2.82. The van der Waals surface area contributed by atoms with Crippen LogP contribution in [0.4, 0.5) is 16.3 Å². The molecule has 112 valence electrons. The summed E-state index contributed by atoms with van der Waals surface area (Å²) in [6.45, 7) is 7.06. The molecule has 3 N–H and O–H groups in total. The molecule has 0 radical (unpaired) electrons. The molecule has 0 aromatic carbocycles. The van der Waals surface area contributed by atoms with Gasteiger partial charge in [-0.3, -0.25) is 4.68 Å². The predicted octanol–water partition coefficient (Wildman–Crippen LogP) is 1.11. The van der Waals surface area contributed by atoms with E-state index in [2.05, 4.69) is 15.3 Å². The molecule has 0 unspecified atom stereocenters. The number of amides is 1. The maximum Gasteiger partial charge on any atom is 0.407 e. The number of aryl methyl sites for hydroxylation is 1. The van der Waals surface area contributed by atoms with E-state index < -0.39 is 5.60 Å². The zero-order valence-corrected chi connectivity index (χ0v) is 12.5. The Morgan fingerprint density at radius 1 is 1.55 bits per heavy atom. The van der Waals surface area contributed by atoms with Crippen molar-refractivity contribution in [2.45, 2.75) is 38.8 Å². The highest BCUT2D eigenvalue weighted by atomic mass is 16.6. The summed E-state index contributed by atoms with van der Waals surface area (Å²) in [7, 11) is 1.84. The van der Waals surface area contributed by atoms with Crippen LogP contribution in [0.1, 0.15) is 27.2 Å². The molecule has 1 aliphatic rings. The number of nitrogens with one attached hydrogen (secondary N) is 1. The second-order valence-electron chi connectivity index (χ2n) is 6.16. The minimum absolute atomic E-state index is 0.0613. The zero-order valence-electron chi connectivity index (χ0n) is 12.5. The van der Waals surface area contributed by atoms with Gasteiger partial charge in [0.1, 0.15) is 5.60 Å². The molecule has 1 aromatic heterocycles. The lowest BCUT2D eigenvalue weighted by molar-refractivity contribution is 0.0509. The largest absolute Gasteiger partial charge is 0.444 e. The number of alkyl carbamates (subject to hydrolysis) is 1. The zero-order chi connectivity index (χ0) is 14.9. The van der Waals surface area contributed by atoms with Crippen LogP contribution in [0.5, 0.6) is 0 Å². The summed E-state index contributed by atoms with van der Waals surface area (Å²) in [4.78, 5) is 13.8. The van der Waals surface area contributed by atoms with Crippen LogP contribution >= 0.6 is 0 Å². The summed E-state index contributed by atoms with van der Waals surface area (Å²) in [6, 6.07) is 0.0613. The molecule has 1 atom stereocenters. The summed E-state index contributed by atoms with van der Waals surface area (Å²) in [6.07, 6.45) is 2.26. The fourth-order valence-electron chi connectivity index (χ4n) is 2.29. The summed E-state index contributed by atoms with van der Waals surface area (Å²) in [5.41, 5.74) is 6.09. The molecule has 1 saturated heterocycles. The third-order valence-electron chi connectivity index (χ3n) is 3.05. The van der Waals surface area contributed by atoms with Crippen LogP contribution in [0, 0.1) is 0 Å². The molecule has 1 fully saturated rings. The highest BCUT2D eigenvalue weighted by molar-refractivity contribution is 5.69. The number of ether oxygens (including phenoxy) is 1. The molecule has 1 aromatic rings. The first-order valence-corrected chi connectivity index (χ1v) is 6.78. The van der Waals surface area contributed by atoms with Gasteiger partial charge in [0.05, 0.1) is 11.7 Å². The number of nitrogens with two attached hydrogens (primary N) is 1. The van der Waals surface area contributed by atoms with Gasteiger partial charge in [0.2, 0.25) is 0 Å². The number of nitrogen functional groups attached to an aromatic ring is 1. The minimum atomic E-state index is -0.478. The smallest absolute Gasteiger partial charge is 0.407 e. The molecule has 0 saturated carbocycles. The Labute approximate surface area is 119 Å². The van der Waals surface area contributed by atoms with E-state index in [0.29, 0.717) is 12.2 Å². The van der Waals surface area contributed by atoms with Crippen LogP contribution in [0.3, 0.4) is 0 Å². The molecule has 1 amide bonds. The molecule has 2 rings (SSSR count). The van der Waals surface area contributed by atoms with Crippen LogP contribution in [0.25, 0.3) is 0 Å². The van der Waals surface area contributed by atoms with Gasteiger partial charge in [-0.2, -0.15) is 5.10 Å². The normalized spacial score (nSPS) is 19.2. The first kappa shape index (κ1) is 14.5. The lowest BCUT2D eigenvalue weighted by Crippen LogP contribution is -2.40. The first-order valence-electron chi connectivity index (χ1n) is 6.78. The van der Waals surface area contributed by atoms with E-state index in [1.165, 1.54) is 0 Å². The van der Waals surface area contributed by atoms with Gasteiger partial charge in [0.15, 0.2) is 5.82 Å².